The Bertz CT molecular complexity index is 161. The highest BCUT2D eigenvalue weighted by molar-refractivity contribution is 5.70. The molecule has 0 amide bonds. The summed E-state index contributed by atoms with van der Waals surface area (Å²) in [7, 11) is 0. The number of aliphatic carboxylic acids is 1. The normalized spacial score (nSPS) is 32.1. The lowest BCUT2D eigenvalue weighted by molar-refractivity contribution is -0.143. The first kappa shape index (κ1) is 7.32. The molecule has 56 valence electrons. The maximum absolute atomic E-state index is 10.5. The molecule has 1 rings (SSSR count). The third-order valence-corrected chi connectivity index (χ3v) is 2.07. The minimum Gasteiger partial charge on any atom is -0.481 e. The molecule has 0 aromatic rings. The Morgan fingerprint density at radius 2 is 2.10 bits per heavy atom. The number of hydrogen-bond donors (Lipinski definition) is 1. The van der Waals surface area contributed by atoms with Gasteiger partial charge in [-0.2, -0.15) is 0 Å². The van der Waals surface area contributed by atoms with E-state index in [4.69, 9.17) is 5.11 Å². The first-order chi connectivity index (χ1) is 4.72. The van der Waals surface area contributed by atoms with Crippen LogP contribution in [0.15, 0.2) is 12.2 Å². The Hall–Kier alpha value is -0.790. The van der Waals surface area contributed by atoms with Gasteiger partial charge in [0.15, 0.2) is 0 Å². The van der Waals surface area contributed by atoms with Crippen molar-refractivity contribution in [2.24, 2.45) is 11.8 Å². The maximum atomic E-state index is 10.5. The number of carbonyl (C=O) groups is 1. The summed E-state index contributed by atoms with van der Waals surface area (Å²) >= 11 is 0. The van der Waals surface area contributed by atoms with Crippen molar-refractivity contribution in [3.05, 3.63) is 12.2 Å². The number of carboxylic acid groups (broad SMARTS) is 1. The monoisotopic (exact) mass is 140 g/mol. The van der Waals surface area contributed by atoms with Gasteiger partial charge in [0, 0.05) is 0 Å². The lowest BCUT2D eigenvalue weighted by atomic mass is 9.85. The molecular formula is C8H12O2. The molecule has 0 aliphatic heterocycles. The minimum absolute atomic E-state index is 0.148. The molecule has 2 heteroatoms. The highest BCUT2D eigenvalue weighted by atomic mass is 16.4. The number of allylic oxidation sites excluding steroid dienone is 2. The molecule has 1 aliphatic rings. The van der Waals surface area contributed by atoms with E-state index in [1.165, 1.54) is 0 Å². The van der Waals surface area contributed by atoms with Gasteiger partial charge in [-0.3, -0.25) is 4.79 Å². The molecule has 0 fully saturated rings. The average molecular weight is 140 g/mol. The summed E-state index contributed by atoms with van der Waals surface area (Å²) in [5, 5.41) is 8.67. The second-order valence-electron chi connectivity index (χ2n) is 2.86. The molecule has 0 saturated carbocycles. The fourth-order valence-electron chi connectivity index (χ4n) is 1.29. The largest absolute Gasteiger partial charge is 0.481 e. The van der Waals surface area contributed by atoms with Crippen molar-refractivity contribution in [1.29, 1.82) is 0 Å². The smallest absolute Gasteiger partial charge is 0.307 e. The molecule has 1 aliphatic carbocycles. The first-order valence-corrected chi connectivity index (χ1v) is 3.59. The van der Waals surface area contributed by atoms with Gasteiger partial charge in [0.25, 0.3) is 0 Å². The number of carboxylic acids is 1. The zero-order chi connectivity index (χ0) is 7.56. The zero-order valence-corrected chi connectivity index (χ0v) is 6.08. The van der Waals surface area contributed by atoms with Gasteiger partial charge < -0.3 is 5.11 Å². The fraction of sp³-hybridized carbons (Fsp3) is 0.625. The van der Waals surface area contributed by atoms with E-state index in [0.29, 0.717) is 12.3 Å². The lowest BCUT2D eigenvalue weighted by Gasteiger charge is -2.20. The molecule has 0 radical (unpaired) electrons. The van der Waals surface area contributed by atoms with Crippen LogP contribution in [0.25, 0.3) is 0 Å². The van der Waals surface area contributed by atoms with Crippen LogP contribution in [-0.2, 0) is 4.79 Å². The molecule has 0 spiro atoms. The van der Waals surface area contributed by atoms with Crippen LogP contribution in [0.1, 0.15) is 19.8 Å². The molecule has 0 saturated heterocycles. The SMILES string of the molecule is CC1CC=CC[C@@H]1C(=O)O. The molecule has 0 aromatic carbocycles. The molecule has 0 heterocycles. The van der Waals surface area contributed by atoms with Crippen LogP contribution in [-0.4, -0.2) is 11.1 Å². The third-order valence-electron chi connectivity index (χ3n) is 2.07. The number of rotatable bonds is 1. The van der Waals surface area contributed by atoms with E-state index < -0.39 is 5.97 Å². The fourth-order valence-corrected chi connectivity index (χ4v) is 1.29. The van der Waals surface area contributed by atoms with E-state index in [1.807, 2.05) is 13.0 Å². The van der Waals surface area contributed by atoms with Gasteiger partial charge in [-0.15, -0.1) is 0 Å². The summed E-state index contributed by atoms with van der Waals surface area (Å²) in [5.41, 5.74) is 0. The first-order valence-electron chi connectivity index (χ1n) is 3.59. The third kappa shape index (κ3) is 1.38. The summed E-state index contributed by atoms with van der Waals surface area (Å²) < 4.78 is 0. The van der Waals surface area contributed by atoms with E-state index >= 15 is 0 Å². The second-order valence-corrected chi connectivity index (χ2v) is 2.86. The van der Waals surface area contributed by atoms with E-state index in [2.05, 4.69) is 6.08 Å². The Morgan fingerprint density at radius 3 is 2.50 bits per heavy atom. The highest BCUT2D eigenvalue weighted by Gasteiger charge is 2.24. The minimum atomic E-state index is -0.656. The predicted octanol–water partition coefficient (Wildman–Crippen LogP) is 1.67. The van der Waals surface area contributed by atoms with Crippen molar-refractivity contribution in [3.63, 3.8) is 0 Å². The van der Waals surface area contributed by atoms with E-state index in [-0.39, 0.29) is 5.92 Å². The van der Waals surface area contributed by atoms with E-state index in [9.17, 15) is 4.79 Å². The Morgan fingerprint density at radius 1 is 1.50 bits per heavy atom. The predicted molar refractivity (Wildman–Crippen MR) is 38.7 cm³/mol. The summed E-state index contributed by atoms with van der Waals surface area (Å²) in [6.45, 7) is 1.99. The van der Waals surface area contributed by atoms with Crippen molar-refractivity contribution in [2.75, 3.05) is 0 Å². The Labute approximate surface area is 60.6 Å². The average Bonchev–Trinajstić information content (AvgIpc) is 1.88. The van der Waals surface area contributed by atoms with Gasteiger partial charge in [-0.1, -0.05) is 19.1 Å². The standard InChI is InChI=1S/C8H12O2/c1-6-4-2-3-5-7(6)8(9)10/h2-3,6-7H,4-5H2,1H3,(H,9,10)/t6?,7-/m0/s1. The molecule has 1 unspecified atom stereocenters. The van der Waals surface area contributed by atoms with Gasteiger partial charge in [0.05, 0.1) is 5.92 Å². The topological polar surface area (TPSA) is 37.3 Å². The molecule has 10 heavy (non-hydrogen) atoms. The van der Waals surface area contributed by atoms with Crippen LogP contribution in [0, 0.1) is 11.8 Å². The summed E-state index contributed by atoms with van der Waals surface area (Å²) in [5.74, 6) is -0.496. The summed E-state index contributed by atoms with van der Waals surface area (Å²) in [6, 6.07) is 0. The molecular weight excluding hydrogens is 128 g/mol. The van der Waals surface area contributed by atoms with E-state index in [0.717, 1.165) is 6.42 Å². The maximum Gasteiger partial charge on any atom is 0.307 e. The van der Waals surface area contributed by atoms with Crippen LogP contribution in [0.5, 0.6) is 0 Å². The van der Waals surface area contributed by atoms with Crippen LogP contribution < -0.4 is 0 Å². The van der Waals surface area contributed by atoms with Crippen LogP contribution in [0.4, 0.5) is 0 Å². The Kier molecular flexibility index (Phi) is 2.10. The summed E-state index contributed by atoms with van der Waals surface area (Å²) in [6.07, 6.45) is 5.64. The summed E-state index contributed by atoms with van der Waals surface area (Å²) in [4.78, 5) is 10.5. The van der Waals surface area contributed by atoms with Gasteiger partial charge in [0.1, 0.15) is 0 Å². The van der Waals surface area contributed by atoms with Gasteiger partial charge in [-0.05, 0) is 18.8 Å². The quantitative estimate of drug-likeness (QED) is 0.562. The Balaban J connectivity index is 2.59. The number of hydrogen-bond acceptors (Lipinski definition) is 1. The zero-order valence-electron chi connectivity index (χ0n) is 6.08. The van der Waals surface area contributed by atoms with Crippen molar-refractivity contribution in [2.45, 2.75) is 19.8 Å². The van der Waals surface area contributed by atoms with Gasteiger partial charge in [0.2, 0.25) is 0 Å². The lowest BCUT2D eigenvalue weighted by Crippen LogP contribution is -2.22. The van der Waals surface area contributed by atoms with Gasteiger partial charge in [-0.25, -0.2) is 0 Å². The van der Waals surface area contributed by atoms with Crippen LogP contribution in [0.2, 0.25) is 0 Å². The van der Waals surface area contributed by atoms with Crippen molar-refractivity contribution >= 4 is 5.97 Å². The van der Waals surface area contributed by atoms with Gasteiger partial charge >= 0.3 is 5.97 Å². The molecule has 2 atom stereocenters. The molecule has 2 nitrogen and oxygen atoms in total. The second kappa shape index (κ2) is 2.86. The molecule has 0 aromatic heterocycles. The van der Waals surface area contributed by atoms with Crippen LogP contribution in [0.3, 0.4) is 0 Å². The highest BCUT2D eigenvalue weighted by Crippen LogP contribution is 2.24. The van der Waals surface area contributed by atoms with Crippen LogP contribution >= 0.6 is 0 Å². The van der Waals surface area contributed by atoms with Crippen molar-refractivity contribution < 1.29 is 9.90 Å². The van der Waals surface area contributed by atoms with Crippen molar-refractivity contribution in [1.82, 2.24) is 0 Å². The van der Waals surface area contributed by atoms with Crippen molar-refractivity contribution in [3.8, 4) is 0 Å². The van der Waals surface area contributed by atoms with E-state index in [1.54, 1.807) is 0 Å². The molecule has 1 N–H and O–H groups in total. The molecule has 0 bridgehead atoms.